The zero-order valence-corrected chi connectivity index (χ0v) is 22.9. The van der Waals surface area contributed by atoms with E-state index in [2.05, 4.69) is 17.2 Å². The molecular weight excluding hydrogens is 488 g/mol. The van der Waals surface area contributed by atoms with E-state index in [-0.39, 0.29) is 40.1 Å². The van der Waals surface area contributed by atoms with E-state index in [0.717, 1.165) is 70.5 Å². The highest BCUT2D eigenvalue weighted by Crippen LogP contribution is 2.69. The topological polar surface area (TPSA) is 77.2 Å². The van der Waals surface area contributed by atoms with Crippen molar-refractivity contribution in [3.05, 3.63) is 23.8 Å². The molecule has 2 aromatic rings. The molecule has 0 radical (unpaired) electrons. The second kappa shape index (κ2) is 9.33. The second-order valence-corrected chi connectivity index (χ2v) is 13.4. The maximum Gasteiger partial charge on any atom is 0.186 e. The number of aliphatic hydroxyl groups is 1. The fraction of sp³-hybridized carbons (Fsp3) is 0.767. The van der Waals surface area contributed by atoms with Crippen LogP contribution >= 0.6 is 0 Å². The Morgan fingerprint density at radius 2 is 1.92 bits per heavy atom. The molecule has 38 heavy (non-hydrogen) atoms. The van der Waals surface area contributed by atoms with Crippen molar-refractivity contribution in [2.45, 2.75) is 90.2 Å². The lowest BCUT2D eigenvalue weighted by Gasteiger charge is -2.63. The summed E-state index contributed by atoms with van der Waals surface area (Å²) in [4.78, 5) is 13.7. The molecule has 8 heteroatoms. The van der Waals surface area contributed by atoms with E-state index in [1.54, 1.807) is 7.11 Å². The number of benzene rings is 1. The third-order valence-electron chi connectivity index (χ3n) is 11.7. The second-order valence-electron chi connectivity index (χ2n) is 13.4. The summed E-state index contributed by atoms with van der Waals surface area (Å²) in [7, 11) is 1.79. The molecule has 0 amide bonds. The van der Waals surface area contributed by atoms with Gasteiger partial charge in [-0.15, -0.1) is 5.10 Å². The predicted octanol–water partition coefficient (Wildman–Crippen LogP) is 5.71. The molecule has 8 atom stereocenters. The van der Waals surface area contributed by atoms with E-state index in [4.69, 9.17) is 4.74 Å². The largest absolute Gasteiger partial charge is 0.390 e. The van der Waals surface area contributed by atoms with Crippen molar-refractivity contribution < 1.29 is 23.4 Å². The van der Waals surface area contributed by atoms with E-state index < -0.39 is 17.2 Å². The monoisotopic (exact) mass is 529 g/mol. The number of ketones is 1. The molecular formula is C30H41F2N3O3. The van der Waals surface area contributed by atoms with Crippen molar-refractivity contribution in [2.75, 3.05) is 13.7 Å². The molecule has 1 N–H and O–H groups in total. The average Bonchev–Trinajstić information content (AvgIpc) is 3.45. The smallest absolute Gasteiger partial charge is 0.186 e. The van der Waals surface area contributed by atoms with Gasteiger partial charge in [-0.2, -0.15) is 0 Å². The van der Waals surface area contributed by atoms with Gasteiger partial charge in [0.2, 0.25) is 0 Å². The molecule has 0 bridgehead atoms. The summed E-state index contributed by atoms with van der Waals surface area (Å²) in [5.41, 5.74) is -0.221. The number of fused-ring (bicyclic) bond motifs is 6. The Hall–Kier alpha value is -1.93. The zero-order valence-electron chi connectivity index (χ0n) is 22.9. The van der Waals surface area contributed by atoms with Gasteiger partial charge in [0, 0.05) is 19.6 Å². The molecule has 0 unspecified atom stereocenters. The third kappa shape index (κ3) is 3.95. The van der Waals surface area contributed by atoms with Gasteiger partial charge in [0.05, 0.1) is 5.60 Å². The fourth-order valence-corrected chi connectivity index (χ4v) is 9.92. The van der Waals surface area contributed by atoms with Gasteiger partial charge < -0.3 is 9.84 Å². The predicted molar refractivity (Wildman–Crippen MR) is 139 cm³/mol. The van der Waals surface area contributed by atoms with Crippen LogP contribution in [0, 0.1) is 52.1 Å². The van der Waals surface area contributed by atoms with Crippen molar-refractivity contribution in [3.8, 4) is 0 Å². The summed E-state index contributed by atoms with van der Waals surface area (Å²) in [5.74, 6) is 0.200. The Morgan fingerprint density at radius 3 is 2.71 bits per heavy atom. The number of methoxy groups -OCH3 is 1. The van der Waals surface area contributed by atoms with Crippen LogP contribution in [0.3, 0.4) is 0 Å². The minimum absolute atomic E-state index is 0.0339. The van der Waals surface area contributed by atoms with Crippen LogP contribution in [-0.2, 0) is 16.1 Å². The number of hydrogen-bond donors (Lipinski definition) is 1. The SMILES string of the molecule is COCC[C@]12CC[C@@](C)(O)C[C@@H]1CC[C@H]1[C@@H]3CC[C@H](C(=O)Cn4nnc5ccc(F)c(F)c54)[C@@]3(C)CC[C@@H]12. The quantitative estimate of drug-likeness (QED) is 0.519. The average molecular weight is 530 g/mol. The summed E-state index contributed by atoms with van der Waals surface area (Å²) in [6, 6.07) is 2.44. The summed E-state index contributed by atoms with van der Waals surface area (Å²) >= 11 is 0. The first-order chi connectivity index (χ1) is 18.1. The Labute approximate surface area is 223 Å². The van der Waals surface area contributed by atoms with Crippen LogP contribution < -0.4 is 0 Å². The van der Waals surface area contributed by atoms with E-state index in [0.29, 0.717) is 23.7 Å². The molecule has 1 aromatic carbocycles. The lowest BCUT2D eigenvalue weighted by Crippen LogP contribution is -2.57. The van der Waals surface area contributed by atoms with Crippen molar-refractivity contribution >= 4 is 16.8 Å². The maximum absolute atomic E-state index is 14.5. The first kappa shape index (κ1) is 26.3. The summed E-state index contributed by atoms with van der Waals surface area (Å²) < 4.78 is 35.3. The van der Waals surface area contributed by atoms with Gasteiger partial charge in [-0.1, -0.05) is 12.1 Å². The normalized spacial score (nSPS) is 40.5. The van der Waals surface area contributed by atoms with Crippen molar-refractivity contribution in [1.29, 1.82) is 0 Å². The van der Waals surface area contributed by atoms with E-state index in [9.17, 15) is 18.7 Å². The van der Waals surface area contributed by atoms with Gasteiger partial charge in [0.1, 0.15) is 17.6 Å². The van der Waals surface area contributed by atoms with Crippen LogP contribution in [0.1, 0.15) is 78.1 Å². The van der Waals surface area contributed by atoms with Crippen molar-refractivity contribution in [1.82, 2.24) is 15.0 Å². The Morgan fingerprint density at radius 1 is 1.11 bits per heavy atom. The molecule has 1 aromatic heterocycles. The number of Topliss-reactive ketones (excluding diaryl/α,β-unsaturated/α-hetero) is 1. The highest BCUT2D eigenvalue weighted by Gasteiger charge is 2.62. The van der Waals surface area contributed by atoms with Crippen LogP contribution in [0.5, 0.6) is 0 Å². The van der Waals surface area contributed by atoms with Gasteiger partial charge in [0.25, 0.3) is 0 Å². The molecule has 4 aliphatic carbocycles. The van der Waals surface area contributed by atoms with Crippen molar-refractivity contribution in [2.24, 2.45) is 40.4 Å². The highest BCUT2D eigenvalue weighted by atomic mass is 19.2. The van der Waals surface area contributed by atoms with E-state index in [1.165, 1.54) is 17.2 Å². The lowest BCUT2D eigenvalue weighted by atomic mass is 9.42. The van der Waals surface area contributed by atoms with Crippen LogP contribution in [0.25, 0.3) is 11.0 Å². The Balaban J connectivity index is 1.24. The number of carbonyl (C=O) groups is 1. The number of nitrogens with zero attached hydrogens (tertiary/aromatic N) is 3. The number of hydrogen-bond acceptors (Lipinski definition) is 5. The van der Waals surface area contributed by atoms with Crippen LogP contribution in [0.15, 0.2) is 12.1 Å². The minimum Gasteiger partial charge on any atom is -0.390 e. The molecule has 4 saturated carbocycles. The molecule has 6 rings (SSSR count). The standard InChI is InChI=1S/C30H41F2N3O3/c1-28(37)12-13-30(14-15-38-3)18(16-28)4-5-19-20-6-7-22(29(20,2)11-10-21(19)30)25(36)17-35-27-24(33-34-35)9-8-23(31)26(27)32/h8-9,18-22,37H,4-7,10-17H2,1-3H3/t18-,19-,20-,21-,22+,28+,29-,30+/m0/s1. The van der Waals surface area contributed by atoms with Gasteiger partial charge in [-0.3, -0.25) is 4.79 Å². The molecule has 4 fully saturated rings. The number of halogens is 2. The molecule has 1 heterocycles. The third-order valence-corrected chi connectivity index (χ3v) is 11.7. The van der Waals surface area contributed by atoms with Crippen LogP contribution in [0.4, 0.5) is 8.78 Å². The molecule has 0 spiro atoms. The maximum atomic E-state index is 14.5. The van der Waals surface area contributed by atoms with Gasteiger partial charge >= 0.3 is 0 Å². The van der Waals surface area contributed by atoms with Crippen LogP contribution in [-0.4, -0.2) is 45.2 Å². The molecule has 0 aliphatic heterocycles. The number of carbonyl (C=O) groups excluding carboxylic acids is 1. The lowest BCUT2D eigenvalue weighted by molar-refractivity contribution is -0.163. The first-order valence-corrected chi connectivity index (χ1v) is 14.5. The molecule has 0 saturated heterocycles. The Bertz CT molecular complexity index is 1230. The fourth-order valence-electron chi connectivity index (χ4n) is 9.92. The van der Waals surface area contributed by atoms with Gasteiger partial charge in [-0.25, -0.2) is 13.5 Å². The van der Waals surface area contributed by atoms with Crippen LogP contribution in [0.2, 0.25) is 0 Å². The molecule has 6 nitrogen and oxygen atoms in total. The van der Waals surface area contributed by atoms with Gasteiger partial charge in [-0.05, 0) is 118 Å². The highest BCUT2D eigenvalue weighted by molar-refractivity contribution is 5.84. The number of ether oxygens (including phenoxy) is 1. The first-order valence-electron chi connectivity index (χ1n) is 14.5. The van der Waals surface area contributed by atoms with E-state index in [1.807, 2.05) is 6.92 Å². The summed E-state index contributed by atoms with van der Waals surface area (Å²) in [5, 5.41) is 18.9. The van der Waals surface area contributed by atoms with Crippen molar-refractivity contribution in [3.63, 3.8) is 0 Å². The number of rotatable bonds is 6. The summed E-state index contributed by atoms with van der Waals surface area (Å²) in [6.07, 6.45) is 10.1. The van der Waals surface area contributed by atoms with E-state index >= 15 is 0 Å². The molecule has 4 aliphatic rings. The summed E-state index contributed by atoms with van der Waals surface area (Å²) in [6.45, 7) is 4.99. The minimum atomic E-state index is -0.999. The van der Waals surface area contributed by atoms with Gasteiger partial charge in [0.15, 0.2) is 17.4 Å². The Kier molecular flexibility index (Phi) is 6.45. The zero-order chi connectivity index (χ0) is 26.9. The molecule has 208 valence electrons. The number of aromatic nitrogens is 3.